The number of aryl methyl sites for hydroxylation is 2. The Morgan fingerprint density at radius 3 is 2.61 bits per heavy atom. The van der Waals surface area contributed by atoms with Crippen LogP contribution in [0.1, 0.15) is 59.9 Å². The van der Waals surface area contributed by atoms with Gasteiger partial charge in [-0.05, 0) is 92.6 Å². The Morgan fingerprint density at radius 2 is 1.95 bits per heavy atom. The van der Waals surface area contributed by atoms with Crippen LogP contribution in [0.3, 0.4) is 0 Å². The van der Waals surface area contributed by atoms with Crippen molar-refractivity contribution in [3.8, 4) is 0 Å². The molecule has 7 nitrogen and oxygen atoms in total. The molecule has 1 saturated heterocycles. The van der Waals surface area contributed by atoms with Gasteiger partial charge in [-0.15, -0.1) is 0 Å². The topological polar surface area (TPSA) is 75.3 Å². The molecule has 0 spiro atoms. The lowest BCUT2D eigenvalue weighted by Gasteiger charge is -2.29. The fraction of sp³-hybridized carbons (Fsp3) is 0.300. The molecular weight excluding hydrogens is 494 g/mol. The number of aromatic nitrogens is 2. The molecule has 0 aliphatic carbocycles. The Hall–Kier alpha value is -3.91. The molecule has 2 N–H and O–H groups in total. The molecule has 1 aliphatic rings. The number of rotatable bonds is 7. The number of nitrogens with one attached hydrogen (secondary N) is 2. The Kier molecular flexibility index (Phi) is 7.08. The van der Waals surface area contributed by atoms with Gasteiger partial charge in [0.05, 0.1) is 30.6 Å². The van der Waals surface area contributed by atoms with E-state index in [1.807, 2.05) is 69.4 Å². The van der Waals surface area contributed by atoms with Gasteiger partial charge in [-0.2, -0.15) is 0 Å². The van der Waals surface area contributed by atoms with Crippen LogP contribution in [-0.4, -0.2) is 20.6 Å². The summed E-state index contributed by atoms with van der Waals surface area (Å²) in [5, 5.41) is 7.22. The van der Waals surface area contributed by atoms with Crippen molar-refractivity contribution in [2.75, 3.05) is 10.2 Å². The minimum absolute atomic E-state index is 0.00343. The zero-order valence-electron chi connectivity index (χ0n) is 22.4. The van der Waals surface area contributed by atoms with Gasteiger partial charge in [0.2, 0.25) is 5.91 Å². The summed E-state index contributed by atoms with van der Waals surface area (Å²) in [6, 6.07) is 17.9. The van der Waals surface area contributed by atoms with E-state index in [0.29, 0.717) is 11.7 Å². The number of thiocarbonyl (C=S) groups is 1. The van der Waals surface area contributed by atoms with E-state index < -0.39 is 0 Å². The van der Waals surface area contributed by atoms with Gasteiger partial charge in [0.15, 0.2) is 5.11 Å². The second-order valence-corrected chi connectivity index (χ2v) is 10.5. The summed E-state index contributed by atoms with van der Waals surface area (Å²) in [7, 11) is 0. The number of benzene rings is 1. The van der Waals surface area contributed by atoms with Crippen LogP contribution in [0.4, 0.5) is 11.4 Å². The number of anilines is 2. The number of hydrogen-bond acceptors (Lipinski definition) is 4. The van der Waals surface area contributed by atoms with Crippen molar-refractivity contribution in [2.24, 2.45) is 5.92 Å². The number of nitrogens with zero attached hydrogens (tertiary/aromatic N) is 3. The first-order chi connectivity index (χ1) is 18.2. The molecule has 3 aromatic heterocycles. The van der Waals surface area contributed by atoms with Gasteiger partial charge < -0.3 is 24.5 Å². The van der Waals surface area contributed by atoms with Crippen molar-refractivity contribution in [1.82, 2.24) is 14.9 Å². The Balaban J connectivity index is 1.58. The van der Waals surface area contributed by atoms with Crippen LogP contribution in [0.5, 0.6) is 0 Å². The molecule has 8 heteroatoms. The lowest BCUT2D eigenvalue weighted by atomic mass is 9.96. The normalized spacial score (nSPS) is 17.2. The van der Waals surface area contributed by atoms with Crippen molar-refractivity contribution in [3.63, 3.8) is 0 Å². The van der Waals surface area contributed by atoms with E-state index in [4.69, 9.17) is 16.6 Å². The fourth-order valence-electron chi connectivity index (χ4n) is 5.09. The molecule has 38 heavy (non-hydrogen) atoms. The van der Waals surface area contributed by atoms with Crippen molar-refractivity contribution in [2.45, 2.75) is 53.2 Å². The smallest absolute Gasteiger partial charge is 0.226 e. The highest BCUT2D eigenvalue weighted by atomic mass is 32.1. The number of carbonyl (C=O) groups is 1. The minimum atomic E-state index is -0.137. The monoisotopic (exact) mass is 527 g/mol. The summed E-state index contributed by atoms with van der Waals surface area (Å²) in [6.45, 7) is 10.7. The van der Waals surface area contributed by atoms with Crippen LogP contribution in [-0.2, 0) is 11.3 Å². The fourth-order valence-corrected chi connectivity index (χ4v) is 5.44. The minimum Gasteiger partial charge on any atom is -0.467 e. The van der Waals surface area contributed by atoms with Crippen molar-refractivity contribution < 1.29 is 9.21 Å². The second-order valence-electron chi connectivity index (χ2n) is 10.1. The SMILES string of the molecule is Cc1cc(N2C(=S)N[C@H](c3ccccn3)[C@@H]2c2cc(C)n(Cc3ccco3)c2C)ccc1NC(=O)C(C)C. The molecule has 1 aromatic carbocycles. The first kappa shape index (κ1) is 25.7. The highest BCUT2D eigenvalue weighted by Gasteiger charge is 2.42. The Bertz CT molecular complexity index is 1460. The highest BCUT2D eigenvalue weighted by molar-refractivity contribution is 7.80. The summed E-state index contributed by atoms with van der Waals surface area (Å²) >= 11 is 5.93. The highest BCUT2D eigenvalue weighted by Crippen LogP contribution is 2.44. The predicted octanol–water partition coefficient (Wildman–Crippen LogP) is 6.22. The van der Waals surface area contributed by atoms with Gasteiger partial charge in [-0.3, -0.25) is 9.78 Å². The third-order valence-electron chi connectivity index (χ3n) is 7.19. The van der Waals surface area contributed by atoms with Crippen LogP contribution in [0.25, 0.3) is 0 Å². The number of hydrogen-bond donors (Lipinski definition) is 2. The zero-order chi connectivity index (χ0) is 27.0. The number of carbonyl (C=O) groups excluding carboxylic acids is 1. The van der Waals surface area contributed by atoms with E-state index in [2.05, 4.69) is 51.1 Å². The van der Waals surface area contributed by atoms with E-state index in [0.717, 1.165) is 39.8 Å². The lowest BCUT2D eigenvalue weighted by Crippen LogP contribution is -2.29. The summed E-state index contributed by atoms with van der Waals surface area (Å²) < 4.78 is 7.92. The average molecular weight is 528 g/mol. The maximum Gasteiger partial charge on any atom is 0.226 e. The molecule has 5 rings (SSSR count). The van der Waals surface area contributed by atoms with E-state index >= 15 is 0 Å². The van der Waals surface area contributed by atoms with Crippen LogP contribution >= 0.6 is 12.2 Å². The van der Waals surface area contributed by atoms with E-state index in [1.165, 1.54) is 5.56 Å². The number of furan rings is 1. The summed E-state index contributed by atoms with van der Waals surface area (Å²) in [5.41, 5.74) is 7.14. The quantitative estimate of drug-likeness (QED) is 0.278. The third kappa shape index (κ3) is 4.84. The molecular formula is C30H33N5O2S. The van der Waals surface area contributed by atoms with Crippen molar-refractivity contribution in [3.05, 3.63) is 101 Å². The molecule has 4 aromatic rings. The largest absolute Gasteiger partial charge is 0.467 e. The van der Waals surface area contributed by atoms with E-state index in [1.54, 1.807) is 6.26 Å². The summed E-state index contributed by atoms with van der Waals surface area (Å²) in [5.74, 6) is 0.812. The molecule has 0 radical (unpaired) electrons. The Morgan fingerprint density at radius 1 is 1.13 bits per heavy atom. The molecule has 196 valence electrons. The van der Waals surface area contributed by atoms with E-state index in [-0.39, 0.29) is 23.9 Å². The molecule has 0 unspecified atom stereocenters. The van der Waals surface area contributed by atoms with Gasteiger partial charge in [0.25, 0.3) is 0 Å². The van der Waals surface area contributed by atoms with Gasteiger partial charge in [0.1, 0.15) is 5.76 Å². The van der Waals surface area contributed by atoms with Gasteiger partial charge in [-0.1, -0.05) is 19.9 Å². The number of amides is 1. The predicted molar refractivity (Wildman–Crippen MR) is 154 cm³/mol. The van der Waals surface area contributed by atoms with Crippen LogP contribution in [0.15, 0.2) is 71.5 Å². The van der Waals surface area contributed by atoms with Gasteiger partial charge in [-0.25, -0.2) is 0 Å². The molecule has 0 saturated carbocycles. The zero-order valence-corrected chi connectivity index (χ0v) is 23.2. The summed E-state index contributed by atoms with van der Waals surface area (Å²) in [6.07, 6.45) is 3.52. The van der Waals surface area contributed by atoms with Crippen molar-refractivity contribution >= 4 is 34.6 Å². The van der Waals surface area contributed by atoms with Crippen LogP contribution in [0, 0.1) is 26.7 Å². The molecule has 2 atom stereocenters. The van der Waals surface area contributed by atoms with Gasteiger partial charge in [0, 0.05) is 34.9 Å². The van der Waals surface area contributed by atoms with E-state index in [9.17, 15) is 4.79 Å². The first-order valence-corrected chi connectivity index (χ1v) is 13.3. The second kappa shape index (κ2) is 10.5. The average Bonchev–Trinajstić information content (AvgIpc) is 3.60. The molecule has 1 aliphatic heterocycles. The molecule has 0 bridgehead atoms. The molecule has 1 fully saturated rings. The maximum absolute atomic E-state index is 12.3. The standard InChI is InChI=1S/C30H33N5O2S/c1-18(2)29(36)32-25-12-11-22(15-19(25)3)35-28(27(33-30(35)38)26-10-6-7-13-31-26)24-16-20(4)34(21(24)5)17-23-9-8-14-37-23/h6-16,18,27-28H,17H2,1-5H3,(H,32,36)(H,33,38)/t27-,28+/m1/s1. The van der Waals surface area contributed by atoms with Crippen LogP contribution < -0.4 is 15.5 Å². The molecule has 1 amide bonds. The number of pyridine rings is 1. The van der Waals surface area contributed by atoms with Crippen LogP contribution in [0.2, 0.25) is 0 Å². The van der Waals surface area contributed by atoms with Gasteiger partial charge >= 0.3 is 0 Å². The first-order valence-electron chi connectivity index (χ1n) is 12.9. The molecule has 4 heterocycles. The lowest BCUT2D eigenvalue weighted by molar-refractivity contribution is -0.118. The third-order valence-corrected chi connectivity index (χ3v) is 7.51. The summed E-state index contributed by atoms with van der Waals surface area (Å²) in [4.78, 5) is 19.2. The Labute approximate surface area is 228 Å². The van der Waals surface area contributed by atoms with Crippen molar-refractivity contribution in [1.29, 1.82) is 0 Å². The maximum atomic E-state index is 12.3.